The predicted octanol–water partition coefficient (Wildman–Crippen LogP) is 2.18. The van der Waals surface area contributed by atoms with Crippen LogP contribution < -0.4 is 10.3 Å². The molecule has 15 heavy (non-hydrogen) atoms. The van der Waals surface area contributed by atoms with Gasteiger partial charge in [-0.2, -0.15) is 0 Å². The third kappa shape index (κ3) is 2.61. The minimum absolute atomic E-state index is 0.0470. The first-order valence-electron chi connectivity index (χ1n) is 5.38. The van der Waals surface area contributed by atoms with Gasteiger partial charge in [0.1, 0.15) is 0 Å². The zero-order valence-corrected chi connectivity index (χ0v) is 9.96. The molecule has 3 heteroatoms. The minimum Gasteiger partial charge on any atom is -0.488 e. The largest absolute Gasteiger partial charge is 0.488 e. The Hall–Kier alpha value is -1.25. The van der Waals surface area contributed by atoms with Gasteiger partial charge in [-0.15, -0.1) is 0 Å². The van der Waals surface area contributed by atoms with Crippen molar-refractivity contribution in [1.29, 1.82) is 0 Å². The maximum atomic E-state index is 11.8. The van der Waals surface area contributed by atoms with Gasteiger partial charge in [0.15, 0.2) is 5.75 Å². The molecule has 0 saturated carbocycles. The molecule has 0 saturated heterocycles. The summed E-state index contributed by atoms with van der Waals surface area (Å²) in [5.41, 5.74) is 2.03. The first-order valence-corrected chi connectivity index (χ1v) is 5.38. The van der Waals surface area contributed by atoms with Crippen LogP contribution in [0.5, 0.6) is 5.75 Å². The molecule has 0 spiro atoms. The summed E-state index contributed by atoms with van der Waals surface area (Å²) in [6, 6.07) is 1.83. The van der Waals surface area contributed by atoms with Crippen molar-refractivity contribution >= 4 is 0 Å². The normalized spacial score (nSPS) is 10.4. The third-order valence-corrected chi connectivity index (χ3v) is 2.69. The van der Waals surface area contributed by atoms with Crippen LogP contribution in [0.15, 0.2) is 10.9 Å². The molecule has 0 bridgehead atoms. The lowest BCUT2D eigenvalue weighted by molar-refractivity contribution is 0.303. The molecule has 0 atom stereocenters. The van der Waals surface area contributed by atoms with Crippen molar-refractivity contribution in [3.8, 4) is 5.75 Å². The highest BCUT2D eigenvalue weighted by molar-refractivity contribution is 5.28. The van der Waals surface area contributed by atoms with E-state index in [-0.39, 0.29) is 5.56 Å². The second-order valence-corrected chi connectivity index (χ2v) is 3.84. The van der Waals surface area contributed by atoms with E-state index in [0.717, 1.165) is 24.1 Å². The van der Waals surface area contributed by atoms with Crippen LogP contribution in [0.1, 0.15) is 31.0 Å². The molecular weight excluding hydrogens is 190 g/mol. The smallest absolute Gasteiger partial charge is 0.292 e. The van der Waals surface area contributed by atoms with E-state index in [0.29, 0.717) is 12.4 Å². The van der Waals surface area contributed by atoms with Crippen LogP contribution in [0.3, 0.4) is 0 Å². The number of rotatable bonds is 4. The Kier molecular flexibility index (Phi) is 3.95. The highest BCUT2D eigenvalue weighted by Crippen LogP contribution is 2.11. The summed E-state index contributed by atoms with van der Waals surface area (Å²) in [5.74, 6) is 0.467. The molecule has 0 radical (unpaired) electrons. The Morgan fingerprint density at radius 1 is 1.40 bits per heavy atom. The summed E-state index contributed by atoms with van der Waals surface area (Å²) in [6.07, 6.45) is 2.06. The van der Waals surface area contributed by atoms with E-state index in [9.17, 15) is 4.79 Å². The van der Waals surface area contributed by atoms with E-state index >= 15 is 0 Å². The van der Waals surface area contributed by atoms with Gasteiger partial charge >= 0.3 is 0 Å². The van der Waals surface area contributed by atoms with Gasteiger partial charge in [-0.1, -0.05) is 13.3 Å². The number of pyridine rings is 1. The Labute approximate surface area is 90.7 Å². The molecule has 0 aliphatic heterocycles. The van der Waals surface area contributed by atoms with Gasteiger partial charge in [0.05, 0.1) is 6.61 Å². The van der Waals surface area contributed by atoms with E-state index in [4.69, 9.17) is 4.74 Å². The van der Waals surface area contributed by atoms with Crippen LogP contribution in [0.25, 0.3) is 0 Å². The standard InChI is InChI=1S/C12H19NO2/c1-5-6-7-15-11-8-9(2)10(3)13(4)12(11)14/h8H,5-7H2,1-4H3. The molecule has 3 nitrogen and oxygen atoms in total. The molecule has 84 valence electrons. The molecule has 1 rings (SSSR count). The quantitative estimate of drug-likeness (QED) is 0.712. The zero-order valence-electron chi connectivity index (χ0n) is 9.96. The number of hydrogen-bond acceptors (Lipinski definition) is 2. The molecule has 0 N–H and O–H groups in total. The molecule has 1 heterocycles. The molecule has 0 fully saturated rings. The number of nitrogens with zero attached hydrogens (tertiary/aromatic N) is 1. The number of aryl methyl sites for hydroxylation is 1. The van der Waals surface area contributed by atoms with Gasteiger partial charge in [-0.25, -0.2) is 0 Å². The van der Waals surface area contributed by atoms with Gasteiger partial charge in [-0.3, -0.25) is 4.79 Å². The van der Waals surface area contributed by atoms with Gasteiger partial charge < -0.3 is 9.30 Å². The lowest BCUT2D eigenvalue weighted by atomic mass is 10.2. The van der Waals surface area contributed by atoms with Gasteiger partial charge in [0, 0.05) is 12.7 Å². The van der Waals surface area contributed by atoms with Crippen molar-refractivity contribution in [2.75, 3.05) is 6.61 Å². The first kappa shape index (κ1) is 11.8. The van der Waals surface area contributed by atoms with E-state index in [1.807, 2.05) is 19.9 Å². The average molecular weight is 209 g/mol. The van der Waals surface area contributed by atoms with Crippen molar-refractivity contribution in [2.24, 2.45) is 7.05 Å². The maximum Gasteiger partial charge on any atom is 0.292 e. The molecule has 0 aliphatic rings. The fourth-order valence-electron chi connectivity index (χ4n) is 1.37. The van der Waals surface area contributed by atoms with Gasteiger partial charge in [0.25, 0.3) is 5.56 Å². The highest BCUT2D eigenvalue weighted by Gasteiger charge is 2.07. The molecule has 0 aromatic carbocycles. The summed E-state index contributed by atoms with van der Waals surface area (Å²) in [7, 11) is 1.78. The number of unbranched alkanes of at least 4 members (excludes halogenated alkanes) is 1. The van der Waals surface area contributed by atoms with E-state index in [1.165, 1.54) is 0 Å². The van der Waals surface area contributed by atoms with Crippen LogP contribution in [0.4, 0.5) is 0 Å². The van der Waals surface area contributed by atoms with E-state index < -0.39 is 0 Å². The van der Waals surface area contributed by atoms with Crippen molar-refractivity contribution in [2.45, 2.75) is 33.6 Å². The fraction of sp³-hybridized carbons (Fsp3) is 0.583. The van der Waals surface area contributed by atoms with Gasteiger partial charge in [-0.05, 0) is 31.9 Å². The van der Waals surface area contributed by atoms with Crippen LogP contribution in [-0.4, -0.2) is 11.2 Å². The summed E-state index contributed by atoms with van der Waals surface area (Å²) >= 11 is 0. The highest BCUT2D eigenvalue weighted by atomic mass is 16.5. The van der Waals surface area contributed by atoms with Crippen molar-refractivity contribution in [1.82, 2.24) is 4.57 Å². The molecule has 0 aliphatic carbocycles. The summed E-state index contributed by atoms with van der Waals surface area (Å²) in [4.78, 5) is 11.8. The second kappa shape index (κ2) is 5.01. The van der Waals surface area contributed by atoms with Crippen molar-refractivity contribution < 1.29 is 4.74 Å². The monoisotopic (exact) mass is 209 g/mol. The SMILES string of the molecule is CCCCOc1cc(C)c(C)n(C)c1=O. The van der Waals surface area contributed by atoms with Crippen LogP contribution >= 0.6 is 0 Å². The number of aromatic nitrogens is 1. The Balaban J connectivity index is 2.94. The Morgan fingerprint density at radius 2 is 2.07 bits per heavy atom. The van der Waals surface area contributed by atoms with Crippen molar-refractivity contribution in [3.05, 3.63) is 27.7 Å². The summed E-state index contributed by atoms with van der Waals surface area (Å²) in [6.45, 7) is 6.64. The first-order chi connectivity index (χ1) is 7.07. The lowest BCUT2D eigenvalue weighted by Crippen LogP contribution is -2.22. The van der Waals surface area contributed by atoms with Gasteiger partial charge in [0.2, 0.25) is 0 Å². The minimum atomic E-state index is -0.0470. The zero-order chi connectivity index (χ0) is 11.4. The molecule has 0 amide bonds. The molecule has 1 aromatic rings. The van der Waals surface area contributed by atoms with Crippen molar-refractivity contribution in [3.63, 3.8) is 0 Å². The lowest BCUT2D eigenvalue weighted by Gasteiger charge is -2.11. The average Bonchev–Trinajstić information content (AvgIpc) is 2.23. The maximum absolute atomic E-state index is 11.8. The van der Waals surface area contributed by atoms with Crippen LogP contribution in [0.2, 0.25) is 0 Å². The van der Waals surface area contributed by atoms with Crippen LogP contribution in [-0.2, 0) is 7.05 Å². The molecular formula is C12H19NO2. The second-order valence-electron chi connectivity index (χ2n) is 3.84. The third-order valence-electron chi connectivity index (χ3n) is 2.69. The molecule has 0 unspecified atom stereocenters. The Morgan fingerprint density at radius 3 is 2.67 bits per heavy atom. The number of hydrogen-bond donors (Lipinski definition) is 0. The summed E-state index contributed by atoms with van der Waals surface area (Å²) in [5, 5.41) is 0. The Bertz CT molecular complexity index is 393. The predicted molar refractivity (Wildman–Crippen MR) is 61.6 cm³/mol. The van der Waals surface area contributed by atoms with Crippen LogP contribution in [0, 0.1) is 13.8 Å². The molecule has 1 aromatic heterocycles. The van der Waals surface area contributed by atoms with E-state index in [1.54, 1.807) is 11.6 Å². The van der Waals surface area contributed by atoms with E-state index in [2.05, 4.69) is 6.92 Å². The number of ether oxygens (including phenoxy) is 1. The topological polar surface area (TPSA) is 31.2 Å². The fourth-order valence-corrected chi connectivity index (χ4v) is 1.37. The summed E-state index contributed by atoms with van der Waals surface area (Å²) < 4.78 is 7.10.